The highest BCUT2D eigenvalue weighted by Crippen LogP contribution is 2.23. The van der Waals surface area contributed by atoms with Crippen molar-refractivity contribution in [2.45, 2.75) is 19.4 Å². The van der Waals surface area contributed by atoms with Crippen molar-refractivity contribution in [2.75, 3.05) is 31.6 Å². The van der Waals surface area contributed by atoms with E-state index in [1.54, 1.807) is 6.92 Å². The summed E-state index contributed by atoms with van der Waals surface area (Å²) in [5.41, 5.74) is -0.220. The van der Waals surface area contributed by atoms with Crippen molar-refractivity contribution in [3.63, 3.8) is 0 Å². The van der Waals surface area contributed by atoms with E-state index in [1.807, 2.05) is 23.8 Å². The second-order valence-corrected chi connectivity index (χ2v) is 8.08. The Morgan fingerprint density at radius 3 is 2.64 bits per heavy atom. The third-order valence-electron chi connectivity index (χ3n) is 2.80. The minimum absolute atomic E-state index is 0. The van der Waals surface area contributed by atoms with Crippen LogP contribution in [0.5, 0.6) is 0 Å². The Labute approximate surface area is 153 Å². The van der Waals surface area contributed by atoms with Gasteiger partial charge in [-0.25, -0.2) is 13.4 Å². The number of sulfone groups is 1. The Kier molecular flexibility index (Phi) is 9.51. The standard InChI is InChI=1S/C13H23N3O3S2.HI/c1-4-14-12(15-6-8-21(3,18)19)16-10-13(2,17)11-5-7-20-9-11;/h5,7,9,17H,4,6,8,10H2,1-3H3,(H2,14,15,16);1H. The molecule has 0 spiro atoms. The smallest absolute Gasteiger partial charge is 0.191 e. The average Bonchev–Trinajstić information content (AvgIpc) is 2.89. The molecular formula is C13H24IN3O3S2. The highest BCUT2D eigenvalue weighted by molar-refractivity contribution is 14.0. The number of guanidine groups is 1. The molecule has 0 aromatic carbocycles. The van der Waals surface area contributed by atoms with E-state index in [1.165, 1.54) is 17.6 Å². The fourth-order valence-electron chi connectivity index (χ4n) is 1.59. The number of aliphatic hydroxyl groups is 1. The van der Waals surface area contributed by atoms with Gasteiger partial charge in [-0.2, -0.15) is 11.3 Å². The lowest BCUT2D eigenvalue weighted by Gasteiger charge is -2.21. The molecule has 0 aliphatic heterocycles. The van der Waals surface area contributed by atoms with E-state index >= 15 is 0 Å². The van der Waals surface area contributed by atoms with Gasteiger partial charge in [-0.1, -0.05) is 0 Å². The summed E-state index contributed by atoms with van der Waals surface area (Å²) in [6, 6.07) is 1.87. The Hall–Kier alpha value is -0.390. The van der Waals surface area contributed by atoms with Gasteiger partial charge < -0.3 is 15.7 Å². The lowest BCUT2D eigenvalue weighted by atomic mass is 10.00. The van der Waals surface area contributed by atoms with Gasteiger partial charge in [0.05, 0.1) is 12.3 Å². The number of halogens is 1. The molecule has 0 bridgehead atoms. The summed E-state index contributed by atoms with van der Waals surface area (Å²) in [5, 5.41) is 20.2. The van der Waals surface area contributed by atoms with Crippen molar-refractivity contribution in [3.8, 4) is 0 Å². The molecule has 0 radical (unpaired) electrons. The fraction of sp³-hybridized carbons (Fsp3) is 0.615. The molecule has 9 heteroatoms. The summed E-state index contributed by atoms with van der Waals surface area (Å²) in [4.78, 5) is 4.31. The first kappa shape index (κ1) is 21.6. The molecule has 1 rings (SSSR count). The zero-order chi connectivity index (χ0) is 15.9. The van der Waals surface area contributed by atoms with E-state index in [9.17, 15) is 13.5 Å². The Bertz CT molecular complexity index is 557. The van der Waals surface area contributed by atoms with Crippen molar-refractivity contribution in [2.24, 2.45) is 4.99 Å². The quantitative estimate of drug-likeness (QED) is 0.322. The molecular weight excluding hydrogens is 437 g/mol. The van der Waals surface area contributed by atoms with Gasteiger partial charge in [0.2, 0.25) is 0 Å². The van der Waals surface area contributed by atoms with Gasteiger partial charge in [0.15, 0.2) is 5.96 Å². The van der Waals surface area contributed by atoms with Crippen molar-refractivity contribution >= 4 is 51.1 Å². The minimum Gasteiger partial charge on any atom is -0.383 e. The number of nitrogens with one attached hydrogen (secondary N) is 2. The van der Waals surface area contributed by atoms with E-state index in [-0.39, 0.29) is 42.8 Å². The molecule has 0 aliphatic carbocycles. The van der Waals surface area contributed by atoms with Crippen LogP contribution in [0.25, 0.3) is 0 Å². The van der Waals surface area contributed by atoms with Crippen LogP contribution in [-0.2, 0) is 15.4 Å². The van der Waals surface area contributed by atoms with Crippen LogP contribution in [-0.4, -0.2) is 51.1 Å². The van der Waals surface area contributed by atoms with E-state index in [0.29, 0.717) is 12.5 Å². The Morgan fingerprint density at radius 1 is 1.45 bits per heavy atom. The number of thiophene rings is 1. The second-order valence-electron chi connectivity index (χ2n) is 5.04. The summed E-state index contributed by atoms with van der Waals surface area (Å²) in [5.74, 6) is 0.537. The van der Waals surface area contributed by atoms with Crippen molar-refractivity contribution in [1.29, 1.82) is 0 Å². The molecule has 0 aliphatic rings. The largest absolute Gasteiger partial charge is 0.383 e. The molecule has 1 aromatic rings. The predicted octanol–water partition coefficient (Wildman–Crippen LogP) is 1.17. The molecule has 3 N–H and O–H groups in total. The van der Waals surface area contributed by atoms with Crippen molar-refractivity contribution in [3.05, 3.63) is 22.4 Å². The molecule has 1 heterocycles. The first-order valence-corrected chi connectivity index (χ1v) is 9.70. The zero-order valence-corrected chi connectivity index (χ0v) is 17.0. The number of rotatable bonds is 7. The van der Waals surface area contributed by atoms with Gasteiger partial charge in [-0.3, -0.25) is 0 Å². The van der Waals surface area contributed by atoms with Crippen LogP contribution in [0.1, 0.15) is 19.4 Å². The van der Waals surface area contributed by atoms with Crippen LogP contribution in [0.2, 0.25) is 0 Å². The number of aliphatic imine (C=N–C) groups is 1. The van der Waals surface area contributed by atoms with Crippen LogP contribution in [0.3, 0.4) is 0 Å². The molecule has 1 aromatic heterocycles. The van der Waals surface area contributed by atoms with Crippen LogP contribution in [0.15, 0.2) is 21.8 Å². The maximum absolute atomic E-state index is 11.1. The SMILES string of the molecule is CCNC(=NCC(C)(O)c1ccsc1)NCCS(C)(=O)=O.I. The molecule has 22 heavy (non-hydrogen) atoms. The maximum Gasteiger partial charge on any atom is 0.191 e. The lowest BCUT2D eigenvalue weighted by Crippen LogP contribution is -2.40. The first-order valence-electron chi connectivity index (χ1n) is 6.69. The van der Waals surface area contributed by atoms with Crippen LogP contribution in [0, 0.1) is 0 Å². The van der Waals surface area contributed by atoms with Crippen LogP contribution in [0.4, 0.5) is 0 Å². The highest BCUT2D eigenvalue weighted by atomic mass is 127. The highest BCUT2D eigenvalue weighted by Gasteiger charge is 2.23. The number of hydrogen-bond acceptors (Lipinski definition) is 5. The van der Waals surface area contributed by atoms with Crippen molar-refractivity contribution in [1.82, 2.24) is 10.6 Å². The number of hydrogen-bond donors (Lipinski definition) is 3. The summed E-state index contributed by atoms with van der Waals surface area (Å²) in [6.45, 7) is 4.76. The van der Waals surface area contributed by atoms with E-state index < -0.39 is 15.4 Å². The van der Waals surface area contributed by atoms with Crippen LogP contribution >= 0.6 is 35.3 Å². The van der Waals surface area contributed by atoms with Gasteiger partial charge in [-0.05, 0) is 36.2 Å². The minimum atomic E-state index is -3.01. The van der Waals surface area contributed by atoms with E-state index in [0.717, 1.165) is 5.56 Å². The third-order valence-corrected chi connectivity index (χ3v) is 4.43. The maximum atomic E-state index is 11.1. The predicted molar refractivity (Wildman–Crippen MR) is 103 cm³/mol. The van der Waals surface area contributed by atoms with Crippen molar-refractivity contribution < 1.29 is 13.5 Å². The molecule has 1 atom stereocenters. The van der Waals surface area contributed by atoms with Gasteiger partial charge >= 0.3 is 0 Å². The van der Waals surface area contributed by atoms with Gasteiger partial charge in [-0.15, -0.1) is 24.0 Å². The monoisotopic (exact) mass is 461 g/mol. The number of nitrogens with zero attached hydrogens (tertiary/aromatic N) is 1. The molecule has 0 amide bonds. The van der Waals surface area contributed by atoms with E-state index in [2.05, 4.69) is 15.6 Å². The molecule has 1 unspecified atom stereocenters. The molecule has 6 nitrogen and oxygen atoms in total. The van der Waals surface area contributed by atoms with Gasteiger partial charge in [0.25, 0.3) is 0 Å². The summed E-state index contributed by atoms with van der Waals surface area (Å²) < 4.78 is 22.2. The normalized spacial score (nSPS) is 14.8. The third kappa shape index (κ3) is 8.30. The average molecular weight is 461 g/mol. The summed E-state index contributed by atoms with van der Waals surface area (Å²) in [6.07, 6.45) is 1.19. The molecule has 0 saturated carbocycles. The first-order chi connectivity index (χ1) is 9.74. The summed E-state index contributed by atoms with van der Waals surface area (Å²) >= 11 is 1.52. The lowest BCUT2D eigenvalue weighted by molar-refractivity contribution is 0.0677. The van der Waals surface area contributed by atoms with E-state index in [4.69, 9.17) is 0 Å². The summed E-state index contributed by atoms with van der Waals surface area (Å²) in [7, 11) is -3.01. The Balaban J connectivity index is 0.00000441. The molecule has 128 valence electrons. The van der Waals surface area contributed by atoms with Gasteiger partial charge in [0, 0.05) is 19.3 Å². The van der Waals surface area contributed by atoms with Crippen LogP contribution < -0.4 is 10.6 Å². The topological polar surface area (TPSA) is 90.8 Å². The second kappa shape index (κ2) is 9.68. The van der Waals surface area contributed by atoms with Gasteiger partial charge in [0.1, 0.15) is 15.4 Å². The zero-order valence-electron chi connectivity index (χ0n) is 13.0. The Morgan fingerprint density at radius 2 is 2.14 bits per heavy atom. The fourth-order valence-corrected chi connectivity index (χ4v) is 2.85. The molecule has 0 fully saturated rings. The molecule has 0 saturated heterocycles.